The predicted molar refractivity (Wildman–Crippen MR) is 103 cm³/mol. The maximum atomic E-state index is 11.2. The van der Waals surface area contributed by atoms with Crippen molar-refractivity contribution >= 4 is 11.9 Å². The van der Waals surface area contributed by atoms with Crippen molar-refractivity contribution < 1.29 is 19.1 Å². The molecule has 0 aromatic heterocycles. The average molecular weight is 356 g/mol. The largest absolute Gasteiger partial charge is 0.469 e. The monoisotopic (exact) mass is 356 g/mol. The summed E-state index contributed by atoms with van der Waals surface area (Å²) in [6.45, 7) is 7.73. The lowest BCUT2D eigenvalue weighted by molar-refractivity contribution is -0.142. The molecule has 0 bridgehead atoms. The van der Waals surface area contributed by atoms with E-state index in [1.807, 2.05) is 76.2 Å². The highest BCUT2D eigenvalue weighted by molar-refractivity contribution is 5.77. The van der Waals surface area contributed by atoms with E-state index in [4.69, 9.17) is 0 Å². The number of methoxy groups -OCH3 is 2. The molecule has 0 radical (unpaired) electrons. The van der Waals surface area contributed by atoms with Crippen molar-refractivity contribution in [3.8, 4) is 0 Å². The molecule has 0 spiro atoms. The van der Waals surface area contributed by atoms with Crippen molar-refractivity contribution in [3.05, 3.63) is 70.8 Å². The van der Waals surface area contributed by atoms with E-state index in [2.05, 4.69) is 9.47 Å². The normalized spacial score (nSPS) is 12.2. The molecule has 0 heterocycles. The van der Waals surface area contributed by atoms with E-state index in [-0.39, 0.29) is 23.8 Å². The lowest BCUT2D eigenvalue weighted by Gasteiger charge is -2.08. The molecule has 2 aromatic rings. The molecule has 0 amide bonds. The molecule has 0 saturated heterocycles. The Labute approximate surface area is 156 Å². The first-order valence-corrected chi connectivity index (χ1v) is 8.59. The van der Waals surface area contributed by atoms with Gasteiger partial charge in [0.25, 0.3) is 0 Å². The molecule has 140 valence electrons. The van der Waals surface area contributed by atoms with Crippen molar-refractivity contribution in [2.45, 2.75) is 39.5 Å². The van der Waals surface area contributed by atoms with Crippen LogP contribution in [-0.2, 0) is 19.1 Å². The first-order chi connectivity index (χ1) is 12.3. The van der Waals surface area contributed by atoms with Crippen LogP contribution in [0.15, 0.2) is 48.5 Å². The third-order valence-corrected chi connectivity index (χ3v) is 4.26. The van der Waals surface area contributed by atoms with Gasteiger partial charge in [0, 0.05) is 0 Å². The molecule has 0 aliphatic carbocycles. The van der Waals surface area contributed by atoms with E-state index in [0.29, 0.717) is 0 Å². The number of hydrogen-bond acceptors (Lipinski definition) is 4. The SMILES string of the molecule is COC(=O)C(C)c1ccc(C)cc1.COC(=O)C(C)c1ccc(C)cc1. The molecule has 0 fully saturated rings. The van der Waals surface area contributed by atoms with Crippen LogP contribution in [0.4, 0.5) is 0 Å². The molecule has 26 heavy (non-hydrogen) atoms. The second-order valence-electron chi connectivity index (χ2n) is 6.31. The van der Waals surface area contributed by atoms with Crippen LogP contribution in [0, 0.1) is 13.8 Å². The summed E-state index contributed by atoms with van der Waals surface area (Å²) in [6, 6.07) is 15.8. The van der Waals surface area contributed by atoms with Gasteiger partial charge in [0.15, 0.2) is 0 Å². The van der Waals surface area contributed by atoms with Crippen LogP contribution in [0.3, 0.4) is 0 Å². The lowest BCUT2D eigenvalue weighted by atomic mass is 10.0. The Balaban J connectivity index is 0.000000260. The topological polar surface area (TPSA) is 52.6 Å². The van der Waals surface area contributed by atoms with Crippen LogP contribution in [-0.4, -0.2) is 26.2 Å². The fraction of sp³-hybridized carbons (Fsp3) is 0.364. The average Bonchev–Trinajstić information content (AvgIpc) is 2.67. The summed E-state index contributed by atoms with van der Waals surface area (Å²) in [5, 5.41) is 0. The van der Waals surface area contributed by atoms with Crippen LogP contribution in [0.1, 0.15) is 47.9 Å². The minimum atomic E-state index is -0.191. The van der Waals surface area contributed by atoms with Gasteiger partial charge in [-0.05, 0) is 38.8 Å². The summed E-state index contributed by atoms with van der Waals surface area (Å²) >= 11 is 0. The molecule has 2 aromatic carbocycles. The number of rotatable bonds is 4. The van der Waals surface area contributed by atoms with E-state index in [1.54, 1.807) is 0 Å². The standard InChI is InChI=1S/2C11H14O2/c2*1-8-4-6-10(7-5-8)9(2)11(12)13-3/h2*4-7,9H,1-3H3. The van der Waals surface area contributed by atoms with Crippen LogP contribution < -0.4 is 0 Å². The van der Waals surface area contributed by atoms with Gasteiger partial charge >= 0.3 is 11.9 Å². The molecular formula is C22H28O4. The Morgan fingerprint density at radius 2 is 0.923 bits per heavy atom. The van der Waals surface area contributed by atoms with Gasteiger partial charge in [-0.25, -0.2) is 0 Å². The van der Waals surface area contributed by atoms with Crippen molar-refractivity contribution in [2.75, 3.05) is 14.2 Å². The summed E-state index contributed by atoms with van der Waals surface area (Å²) < 4.78 is 9.32. The van der Waals surface area contributed by atoms with Gasteiger partial charge in [0.1, 0.15) is 0 Å². The highest BCUT2D eigenvalue weighted by atomic mass is 16.5. The fourth-order valence-corrected chi connectivity index (χ4v) is 2.34. The molecule has 2 rings (SSSR count). The zero-order valence-electron chi connectivity index (χ0n) is 16.4. The summed E-state index contributed by atoms with van der Waals surface area (Å²) in [4.78, 5) is 22.3. The number of hydrogen-bond donors (Lipinski definition) is 0. The van der Waals surface area contributed by atoms with Crippen molar-refractivity contribution in [1.29, 1.82) is 0 Å². The number of ether oxygens (including phenoxy) is 2. The molecule has 0 aliphatic rings. The van der Waals surface area contributed by atoms with Gasteiger partial charge in [-0.1, -0.05) is 59.7 Å². The summed E-state index contributed by atoms with van der Waals surface area (Å²) in [6.07, 6.45) is 0. The van der Waals surface area contributed by atoms with E-state index >= 15 is 0 Å². The Bertz CT molecular complexity index is 638. The van der Waals surface area contributed by atoms with Gasteiger partial charge in [-0.3, -0.25) is 9.59 Å². The second kappa shape index (κ2) is 10.4. The predicted octanol–water partition coefficient (Wildman–Crippen LogP) is 4.54. The zero-order chi connectivity index (χ0) is 19.7. The van der Waals surface area contributed by atoms with E-state index in [1.165, 1.54) is 25.3 Å². The first kappa shape index (κ1) is 21.4. The maximum Gasteiger partial charge on any atom is 0.312 e. The molecule has 4 heteroatoms. The number of carbonyl (C=O) groups is 2. The van der Waals surface area contributed by atoms with Gasteiger partial charge in [-0.15, -0.1) is 0 Å². The molecule has 0 saturated carbocycles. The first-order valence-electron chi connectivity index (χ1n) is 8.59. The van der Waals surface area contributed by atoms with Crippen LogP contribution in [0.25, 0.3) is 0 Å². The Hall–Kier alpha value is -2.62. The highest BCUT2D eigenvalue weighted by Gasteiger charge is 2.15. The number of benzene rings is 2. The van der Waals surface area contributed by atoms with Gasteiger partial charge in [0.05, 0.1) is 26.1 Å². The molecule has 0 aliphatic heterocycles. The lowest BCUT2D eigenvalue weighted by Crippen LogP contribution is -2.10. The number of aryl methyl sites for hydroxylation is 2. The Kier molecular flexibility index (Phi) is 8.56. The molecular weight excluding hydrogens is 328 g/mol. The van der Waals surface area contributed by atoms with Crippen molar-refractivity contribution in [1.82, 2.24) is 0 Å². The maximum absolute atomic E-state index is 11.2. The Morgan fingerprint density at radius 3 is 1.15 bits per heavy atom. The minimum absolute atomic E-state index is 0.175. The summed E-state index contributed by atoms with van der Waals surface area (Å²) in [5.74, 6) is -0.732. The molecule has 0 N–H and O–H groups in total. The number of carbonyl (C=O) groups excluding carboxylic acids is 2. The molecule has 2 atom stereocenters. The molecule has 4 nitrogen and oxygen atoms in total. The summed E-state index contributed by atoms with van der Waals surface area (Å²) in [5.41, 5.74) is 4.39. The Morgan fingerprint density at radius 1 is 0.654 bits per heavy atom. The highest BCUT2D eigenvalue weighted by Crippen LogP contribution is 2.17. The zero-order valence-corrected chi connectivity index (χ0v) is 16.4. The minimum Gasteiger partial charge on any atom is -0.469 e. The van der Waals surface area contributed by atoms with E-state index in [0.717, 1.165) is 11.1 Å². The van der Waals surface area contributed by atoms with Gasteiger partial charge in [0.2, 0.25) is 0 Å². The third-order valence-electron chi connectivity index (χ3n) is 4.26. The van der Waals surface area contributed by atoms with Gasteiger partial charge < -0.3 is 9.47 Å². The quantitative estimate of drug-likeness (QED) is 0.755. The van der Waals surface area contributed by atoms with Crippen LogP contribution in [0.2, 0.25) is 0 Å². The fourth-order valence-electron chi connectivity index (χ4n) is 2.34. The van der Waals surface area contributed by atoms with E-state index < -0.39 is 0 Å². The van der Waals surface area contributed by atoms with Crippen LogP contribution in [0.5, 0.6) is 0 Å². The number of esters is 2. The van der Waals surface area contributed by atoms with Gasteiger partial charge in [-0.2, -0.15) is 0 Å². The summed E-state index contributed by atoms with van der Waals surface area (Å²) in [7, 11) is 2.82. The molecule has 2 unspecified atom stereocenters. The van der Waals surface area contributed by atoms with Crippen molar-refractivity contribution in [3.63, 3.8) is 0 Å². The third kappa shape index (κ3) is 6.36. The van der Waals surface area contributed by atoms with Crippen LogP contribution >= 0.6 is 0 Å². The second-order valence-corrected chi connectivity index (χ2v) is 6.31. The van der Waals surface area contributed by atoms with E-state index in [9.17, 15) is 9.59 Å². The van der Waals surface area contributed by atoms with Crippen molar-refractivity contribution in [2.24, 2.45) is 0 Å². The smallest absolute Gasteiger partial charge is 0.312 e.